The molecule has 0 aromatic carbocycles. The van der Waals surface area contributed by atoms with Crippen LogP contribution >= 0.6 is 11.3 Å². The number of aromatic nitrogens is 1. The van der Waals surface area contributed by atoms with Crippen molar-refractivity contribution in [2.24, 2.45) is 5.92 Å². The van der Waals surface area contributed by atoms with Gasteiger partial charge < -0.3 is 10.2 Å². The first-order valence-corrected chi connectivity index (χ1v) is 7.06. The highest BCUT2D eigenvalue weighted by Gasteiger charge is 2.27. The Hall–Kier alpha value is -1.43. The van der Waals surface area contributed by atoms with Gasteiger partial charge in [-0.1, -0.05) is 6.92 Å². The quantitative estimate of drug-likeness (QED) is 0.907. The van der Waals surface area contributed by atoms with Gasteiger partial charge in [0.25, 0.3) is 0 Å². The van der Waals surface area contributed by atoms with Crippen molar-refractivity contribution in [1.29, 1.82) is 0 Å². The third-order valence-electron chi connectivity index (χ3n) is 3.11. The van der Waals surface area contributed by atoms with E-state index in [0.29, 0.717) is 18.1 Å². The molecule has 0 unspecified atom stereocenters. The van der Waals surface area contributed by atoms with Gasteiger partial charge in [-0.15, -0.1) is 11.3 Å². The van der Waals surface area contributed by atoms with E-state index >= 15 is 0 Å². The van der Waals surface area contributed by atoms with Gasteiger partial charge in [0.1, 0.15) is 0 Å². The summed E-state index contributed by atoms with van der Waals surface area (Å²) >= 11 is 1.40. The number of anilines is 1. The molecule has 2 amide bonds. The van der Waals surface area contributed by atoms with Crippen molar-refractivity contribution in [3.63, 3.8) is 0 Å². The molecule has 0 spiro atoms. The maximum atomic E-state index is 12.0. The van der Waals surface area contributed by atoms with Gasteiger partial charge in [-0.2, -0.15) is 0 Å². The third-order valence-corrected chi connectivity index (χ3v) is 3.80. The van der Waals surface area contributed by atoms with E-state index in [4.69, 9.17) is 0 Å². The number of nitrogens with one attached hydrogen (secondary N) is 1. The summed E-state index contributed by atoms with van der Waals surface area (Å²) in [7, 11) is 0. The smallest absolute Gasteiger partial charge is 0.231 e. The number of amides is 2. The summed E-state index contributed by atoms with van der Waals surface area (Å²) in [4.78, 5) is 29.5. The van der Waals surface area contributed by atoms with E-state index < -0.39 is 0 Å². The Morgan fingerprint density at radius 1 is 1.61 bits per heavy atom. The third kappa shape index (κ3) is 3.07. The fourth-order valence-electron chi connectivity index (χ4n) is 2.13. The van der Waals surface area contributed by atoms with Gasteiger partial charge in [-0.3, -0.25) is 9.59 Å². The van der Waals surface area contributed by atoms with E-state index in [1.165, 1.54) is 11.3 Å². The van der Waals surface area contributed by atoms with Crippen LogP contribution in [0.5, 0.6) is 0 Å². The average Bonchev–Trinajstić information content (AvgIpc) is 2.90. The first-order chi connectivity index (χ1) is 8.70. The second-order valence-corrected chi connectivity index (χ2v) is 5.25. The van der Waals surface area contributed by atoms with Gasteiger partial charge in [-0.05, 0) is 12.8 Å². The standard InChI is InChI=1S/C12H17N3O2S/c1-2-10(16)15-6-3-4-9(8-15)11(17)14-12-13-5-7-18-12/h5,7,9H,2-4,6,8H2,1H3,(H,13,14,17)/t9-/m0/s1. The summed E-state index contributed by atoms with van der Waals surface area (Å²) in [6, 6.07) is 0. The zero-order valence-corrected chi connectivity index (χ0v) is 11.2. The van der Waals surface area contributed by atoms with Gasteiger partial charge in [0.15, 0.2) is 5.13 Å². The number of hydrogen-bond acceptors (Lipinski definition) is 4. The zero-order valence-electron chi connectivity index (χ0n) is 10.4. The van der Waals surface area contributed by atoms with E-state index in [-0.39, 0.29) is 17.7 Å². The van der Waals surface area contributed by atoms with Gasteiger partial charge in [0.2, 0.25) is 11.8 Å². The highest BCUT2D eigenvalue weighted by Crippen LogP contribution is 2.20. The number of likely N-dealkylation sites (tertiary alicyclic amines) is 1. The van der Waals surface area contributed by atoms with E-state index in [1.807, 2.05) is 12.3 Å². The molecular weight excluding hydrogens is 250 g/mol. The lowest BCUT2D eigenvalue weighted by Gasteiger charge is -2.31. The van der Waals surface area contributed by atoms with Crippen LogP contribution in [-0.4, -0.2) is 34.8 Å². The van der Waals surface area contributed by atoms with E-state index in [0.717, 1.165) is 19.4 Å². The van der Waals surface area contributed by atoms with Gasteiger partial charge in [0, 0.05) is 31.1 Å². The number of thiazole rings is 1. The topological polar surface area (TPSA) is 62.3 Å². The van der Waals surface area contributed by atoms with Crippen molar-refractivity contribution in [3.05, 3.63) is 11.6 Å². The van der Waals surface area contributed by atoms with Crippen LogP contribution < -0.4 is 5.32 Å². The molecule has 0 aliphatic carbocycles. The summed E-state index contributed by atoms with van der Waals surface area (Å²) in [5.41, 5.74) is 0. The summed E-state index contributed by atoms with van der Waals surface area (Å²) in [6.45, 7) is 3.15. The molecule has 0 radical (unpaired) electrons. The van der Waals surface area contributed by atoms with E-state index in [1.54, 1.807) is 11.1 Å². The van der Waals surface area contributed by atoms with Gasteiger partial charge >= 0.3 is 0 Å². The van der Waals surface area contributed by atoms with Crippen LogP contribution in [0, 0.1) is 5.92 Å². The lowest BCUT2D eigenvalue weighted by molar-refractivity contribution is -0.134. The van der Waals surface area contributed by atoms with Gasteiger partial charge in [-0.25, -0.2) is 4.98 Å². The molecule has 0 saturated carbocycles. The van der Waals surface area contributed by atoms with Crippen LogP contribution in [0.1, 0.15) is 26.2 Å². The predicted molar refractivity (Wildman–Crippen MR) is 70.3 cm³/mol. The molecule has 5 nitrogen and oxygen atoms in total. The molecule has 1 aliphatic heterocycles. The molecular formula is C12H17N3O2S. The maximum absolute atomic E-state index is 12.0. The first kappa shape index (κ1) is 13.0. The summed E-state index contributed by atoms with van der Waals surface area (Å²) in [6.07, 6.45) is 3.89. The molecule has 1 fully saturated rings. The minimum absolute atomic E-state index is 0.0291. The molecule has 1 atom stereocenters. The molecule has 1 N–H and O–H groups in total. The average molecular weight is 267 g/mol. The molecule has 18 heavy (non-hydrogen) atoms. The molecule has 1 aromatic heterocycles. The molecule has 1 aromatic rings. The predicted octanol–water partition coefficient (Wildman–Crippen LogP) is 1.73. The fraction of sp³-hybridized carbons (Fsp3) is 0.583. The van der Waals surface area contributed by atoms with E-state index in [9.17, 15) is 9.59 Å². The number of rotatable bonds is 3. The molecule has 6 heteroatoms. The summed E-state index contributed by atoms with van der Waals surface area (Å²) in [5, 5.41) is 5.25. The van der Waals surface area contributed by atoms with Crippen LogP contribution in [0.3, 0.4) is 0 Å². The second-order valence-electron chi connectivity index (χ2n) is 4.36. The fourth-order valence-corrected chi connectivity index (χ4v) is 2.67. The maximum Gasteiger partial charge on any atom is 0.231 e. The number of carbonyl (C=O) groups is 2. The van der Waals surface area contributed by atoms with Crippen LogP contribution in [0.4, 0.5) is 5.13 Å². The van der Waals surface area contributed by atoms with Crippen LogP contribution in [-0.2, 0) is 9.59 Å². The van der Waals surface area contributed by atoms with Crippen LogP contribution in [0.25, 0.3) is 0 Å². The lowest BCUT2D eigenvalue weighted by atomic mass is 9.97. The van der Waals surface area contributed by atoms with E-state index in [2.05, 4.69) is 10.3 Å². The molecule has 2 heterocycles. The number of piperidine rings is 1. The Kier molecular flexibility index (Phi) is 4.30. The summed E-state index contributed by atoms with van der Waals surface area (Å²) in [5.74, 6) is -0.0153. The molecule has 98 valence electrons. The van der Waals surface area contributed by atoms with Crippen molar-refractivity contribution in [2.45, 2.75) is 26.2 Å². The Labute approximate surface area is 110 Å². The largest absolute Gasteiger partial charge is 0.342 e. The Morgan fingerprint density at radius 3 is 3.11 bits per heavy atom. The van der Waals surface area contributed by atoms with Crippen molar-refractivity contribution < 1.29 is 9.59 Å². The Bertz CT molecular complexity index is 419. The minimum atomic E-state index is -0.113. The van der Waals surface area contributed by atoms with Crippen molar-refractivity contribution in [1.82, 2.24) is 9.88 Å². The van der Waals surface area contributed by atoms with Crippen LogP contribution in [0.15, 0.2) is 11.6 Å². The lowest BCUT2D eigenvalue weighted by Crippen LogP contribution is -2.43. The summed E-state index contributed by atoms with van der Waals surface area (Å²) < 4.78 is 0. The Balaban J connectivity index is 1.92. The highest BCUT2D eigenvalue weighted by atomic mass is 32.1. The Morgan fingerprint density at radius 2 is 2.44 bits per heavy atom. The van der Waals surface area contributed by atoms with Crippen molar-refractivity contribution in [3.8, 4) is 0 Å². The first-order valence-electron chi connectivity index (χ1n) is 6.19. The van der Waals surface area contributed by atoms with Crippen LogP contribution in [0.2, 0.25) is 0 Å². The monoisotopic (exact) mass is 267 g/mol. The molecule has 0 bridgehead atoms. The number of carbonyl (C=O) groups excluding carboxylic acids is 2. The van der Waals surface area contributed by atoms with Crippen molar-refractivity contribution in [2.75, 3.05) is 18.4 Å². The van der Waals surface area contributed by atoms with Gasteiger partial charge in [0.05, 0.1) is 5.92 Å². The van der Waals surface area contributed by atoms with Crippen molar-refractivity contribution >= 4 is 28.3 Å². The normalized spacial score (nSPS) is 19.6. The second kappa shape index (κ2) is 5.95. The minimum Gasteiger partial charge on any atom is -0.342 e. The SMILES string of the molecule is CCC(=O)N1CCC[C@H](C(=O)Nc2nccs2)C1. The number of hydrogen-bond donors (Lipinski definition) is 1. The zero-order chi connectivity index (χ0) is 13.0. The molecule has 2 rings (SSSR count). The molecule has 1 saturated heterocycles. The highest BCUT2D eigenvalue weighted by molar-refractivity contribution is 7.13. The number of nitrogens with zero attached hydrogens (tertiary/aromatic N) is 2. The molecule has 1 aliphatic rings.